The standard InChI is InChI=1S/C14H19N3S/c1-17-14(15)12(11-8-5-9-18-11)13(16-17)10-6-3-2-4-7-10/h5,8-10H,2-4,6-7,15H2,1H3. The van der Waals surface area contributed by atoms with E-state index in [0.717, 1.165) is 5.82 Å². The van der Waals surface area contributed by atoms with E-state index in [1.165, 1.54) is 48.2 Å². The van der Waals surface area contributed by atoms with Crippen LogP contribution >= 0.6 is 11.3 Å². The fourth-order valence-electron chi connectivity index (χ4n) is 2.89. The van der Waals surface area contributed by atoms with Gasteiger partial charge in [0, 0.05) is 17.8 Å². The summed E-state index contributed by atoms with van der Waals surface area (Å²) in [7, 11) is 1.94. The second-order valence-electron chi connectivity index (χ2n) is 5.08. The lowest BCUT2D eigenvalue weighted by atomic mass is 9.85. The fraction of sp³-hybridized carbons (Fsp3) is 0.500. The Bertz CT molecular complexity index is 521. The van der Waals surface area contributed by atoms with E-state index in [9.17, 15) is 0 Å². The molecule has 0 aromatic carbocycles. The van der Waals surface area contributed by atoms with Crippen LogP contribution in [0.5, 0.6) is 0 Å². The molecule has 2 aromatic heterocycles. The molecule has 18 heavy (non-hydrogen) atoms. The van der Waals surface area contributed by atoms with Crippen molar-refractivity contribution >= 4 is 17.2 Å². The van der Waals surface area contributed by atoms with Gasteiger partial charge in [0.15, 0.2) is 0 Å². The van der Waals surface area contributed by atoms with Crippen LogP contribution in [0.1, 0.15) is 43.7 Å². The van der Waals surface area contributed by atoms with Gasteiger partial charge in [-0.15, -0.1) is 11.3 Å². The van der Waals surface area contributed by atoms with Crippen LogP contribution in [0.15, 0.2) is 17.5 Å². The lowest BCUT2D eigenvalue weighted by Crippen LogP contribution is -2.06. The summed E-state index contributed by atoms with van der Waals surface area (Å²) in [5.41, 5.74) is 8.61. The first-order valence-electron chi connectivity index (χ1n) is 6.63. The molecule has 3 nitrogen and oxygen atoms in total. The molecule has 3 rings (SSSR count). The van der Waals surface area contributed by atoms with Gasteiger partial charge in [0.25, 0.3) is 0 Å². The van der Waals surface area contributed by atoms with E-state index in [2.05, 4.69) is 22.6 Å². The van der Waals surface area contributed by atoms with E-state index < -0.39 is 0 Å². The number of aryl methyl sites for hydroxylation is 1. The molecule has 1 fully saturated rings. The van der Waals surface area contributed by atoms with E-state index in [1.807, 2.05) is 11.7 Å². The van der Waals surface area contributed by atoms with Crippen molar-refractivity contribution in [3.8, 4) is 10.4 Å². The molecule has 0 bridgehead atoms. The van der Waals surface area contributed by atoms with Gasteiger partial charge >= 0.3 is 0 Å². The maximum Gasteiger partial charge on any atom is 0.130 e. The number of anilines is 1. The van der Waals surface area contributed by atoms with Crippen molar-refractivity contribution in [2.75, 3.05) is 5.73 Å². The molecule has 0 radical (unpaired) electrons. The first kappa shape index (κ1) is 11.8. The zero-order valence-electron chi connectivity index (χ0n) is 10.7. The van der Waals surface area contributed by atoms with Gasteiger partial charge < -0.3 is 5.73 Å². The summed E-state index contributed by atoms with van der Waals surface area (Å²) in [6, 6.07) is 4.22. The Morgan fingerprint density at radius 2 is 2.11 bits per heavy atom. The number of hydrogen-bond donors (Lipinski definition) is 1. The molecule has 1 saturated carbocycles. The van der Waals surface area contributed by atoms with Crippen molar-refractivity contribution in [2.24, 2.45) is 7.05 Å². The van der Waals surface area contributed by atoms with Crippen molar-refractivity contribution in [3.63, 3.8) is 0 Å². The molecule has 0 unspecified atom stereocenters. The van der Waals surface area contributed by atoms with E-state index in [4.69, 9.17) is 5.73 Å². The lowest BCUT2D eigenvalue weighted by molar-refractivity contribution is 0.434. The highest BCUT2D eigenvalue weighted by Gasteiger charge is 2.25. The van der Waals surface area contributed by atoms with Crippen molar-refractivity contribution in [1.82, 2.24) is 9.78 Å². The van der Waals surface area contributed by atoms with Crippen LogP contribution in [0, 0.1) is 0 Å². The highest BCUT2D eigenvalue weighted by molar-refractivity contribution is 7.13. The smallest absolute Gasteiger partial charge is 0.130 e. The largest absolute Gasteiger partial charge is 0.383 e. The topological polar surface area (TPSA) is 43.8 Å². The summed E-state index contributed by atoms with van der Waals surface area (Å²) in [6.07, 6.45) is 6.53. The number of nitrogen functional groups attached to an aromatic ring is 1. The third-order valence-electron chi connectivity index (χ3n) is 3.88. The second-order valence-corrected chi connectivity index (χ2v) is 6.03. The van der Waals surface area contributed by atoms with Gasteiger partial charge in [-0.3, -0.25) is 4.68 Å². The van der Waals surface area contributed by atoms with Gasteiger partial charge in [-0.25, -0.2) is 0 Å². The van der Waals surface area contributed by atoms with Crippen molar-refractivity contribution in [1.29, 1.82) is 0 Å². The van der Waals surface area contributed by atoms with E-state index in [-0.39, 0.29) is 0 Å². The van der Waals surface area contributed by atoms with Crippen LogP contribution < -0.4 is 5.73 Å². The average Bonchev–Trinajstić information content (AvgIpc) is 3.00. The van der Waals surface area contributed by atoms with Crippen LogP contribution in [-0.2, 0) is 7.05 Å². The van der Waals surface area contributed by atoms with Crippen LogP contribution in [0.2, 0.25) is 0 Å². The van der Waals surface area contributed by atoms with Gasteiger partial charge in [-0.1, -0.05) is 25.3 Å². The van der Waals surface area contributed by atoms with Crippen molar-refractivity contribution in [2.45, 2.75) is 38.0 Å². The molecule has 0 atom stereocenters. The van der Waals surface area contributed by atoms with Crippen LogP contribution in [0.3, 0.4) is 0 Å². The molecule has 0 amide bonds. The molecule has 1 aliphatic carbocycles. The summed E-state index contributed by atoms with van der Waals surface area (Å²) in [6.45, 7) is 0. The Kier molecular flexibility index (Phi) is 3.12. The van der Waals surface area contributed by atoms with E-state index >= 15 is 0 Å². The minimum Gasteiger partial charge on any atom is -0.383 e. The molecule has 2 aromatic rings. The van der Waals surface area contributed by atoms with Gasteiger partial charge in [0.1, 0.15) is 5.82 Å². The lowest BCUT2D eigenvalue weighted by Gasteiger charge is -2.20. The maximum atomic E-state index is 6.21. The van der Waals surface area contributed by atoms with Crippen molar-refractivity contribution < 1.29 is 0 Å². The summed E-state index contributed by atoms with van der Waals surface area (Å²) in [5, 5.41) is 6.79. The van der Waals surface area contributed by atoms with Crippen LogP contribution in [0.25, 0.3) is 10.4 Å². The number of aromatic nitrogens is 2. The quantitative estimate of drug-likeness (QED) is 0.894. The monoisotopic (exact) mass is 261 g/mol. The molecule has 4 heteroatoms. The number of thiophene rings is 1. The zero-order chi connectivity index (χ0) is 12.5. The van der Waals surface area contributed by atoms with Gasteiger partial charge in [0.05, 0.1) is 11.3 Å². The second kappa shape index (κ2) is 4.76. The molecule has 2 N–H and O–H groups in total. The Morgan fingerprint density at radius 3 is 2.78 bits per heavy atom. The molecular formula is C14H19N3S. The molecule has 1 aliphatic rings. The number of nitrogens with zero attached hydrogens (tertiary/aromatic N) is 2. The van der Waals surface area contributed by atoms with Crippen LogP contribution in [0.4, 0.5) is 5.82 Å². The predicted molar refractivity (Wildman–Crippen MR) is 76.8 cm³/mol. The minimum absolute atomic E-state index is 0.597. The molecule has 96 valence electrons. The van der Waals surface area contributed by atoms with Gasteiger partial charge in [-0.2, -0.15) is 5.10 Å². The summed E-state index contributed by atoms with van der Waals surface area (Å²) >= 11 is 1.75. The molecule has 0 saturated heterocycles. The van der Waals surface area contributed by atoms with E-state index in [0.29, 0.717) is 5.92 Å². The summed E-state index contributed by atoms with van der Waals surface area (Å²) in [5.74, 6) is 1.40. The molecular weight excluding hydrogens is 242 g/mol. The average molecular weight is 261 g/mol. The fourth-order valence-corrected chi connectivity index (χ4v) is 3.68. The third kappa shape index (κ3) is 1.94. The Balaban J connectivity index is 2.06. The normalized spacial score (nSPS) is 17.2. The molecule has 2 heterocycles. The zero-order valence-corrected chi connectivity index (χ0v) is 11.5. The predicted octanol–water partition coefficient (Wildman–Crippen LogP) is 3.78. The highest BCUT2D eigenvalue weighted by atomic mass is 32.1. The SMILES string of the molecule is Cn1nc(C2CCCCC2)c(-c2cccs2)c1N. The number of nitrogens with two attached hydrogens (primary N) is 1. The van der Waals surface area contributed by atoms with Gasteiger partial charge in [0.2, 0.25) is 0 Å². The maximum absolute atomic E-state index is 6.21. The van der Waals surface area contributed by atoms with E-state index in [1.54, 1.807) is 11.3 Å². The first-order valence-corrected chi connectivity index (χ1v) is 7.51. The molecule has 0 aliphatic heterocycles. The number of hydrogen-bond acceptors (Lipinski definition) is 3. The summed E-state index contributed by atoms with van der Waals surface area (Å²) < 4.78 is 1.83. The highest BCUT2D eigenvalue weighted by Crippen LogP contribution is 2.41. The minimum atomic E-state index is 0.597. The third-order valence-corrected chi connectivity index (χ3v) is 4.77. The first-order chi connectivity index (χ1) is 8.77. The Hall–Kier alpha value is -1.29. The Labute approximate surface area is 112 Å². The van der Waals surface area contributed by atoms with Crippen LogP contribution in [-0.4, -0.2) is 9.78 Å². The Morgan fingerprint density at radius 1 is 1.33 bits per heavy atom. The molecule has 0 spiro atoms. The summed E-state index contributed by atoms with van der Waals surface area (Å²) in [4.78, 5) is 1.25. The number of rotatable bonds is 2. The van der Waals surface area contributed by atoms with Gasteiger partial charge in [-0.05, 0) is 24.3 Å². The van der Waals surface area contributed by atoms with Crippen molar-refractivity contribution in [3.05, 3.63) is 23.2 Å².